The Labute approximate surface area is 137 Å². The molecule has 120 valence electrons. The summed E-state index contributed by atoms with van der Waals surface area (Å²) in [6.45, 7) is 0. The van der Waals surface area contributed by atoms with Crippen LogP contribution in [0, 0.1) is 0 Å². The van der Waals surface area contributed by atoms with E-state index in [0.717, 1.165) is 23.9 Å². The number of nitrogens with zero attached hydrogens (tertiary/aromatic N) is 2. The highest BCUT2D eigenvalue weighted by atomic mass is 16.1. The molecule has 1 aliphatic rings. The van der Waals surface area contributed by atoms with Crippen molar-refractivity contribution in [3.63, 3.8) is 0 Å². The molecule has 0 atom stereocenters. The van der Waals surface area contributed by atoms with E-state index >= 15 is 0 Å². The van der Waals surface area contributed by atoms with Crippen molar-refractivity contribution >= 4 is 23.0 Å². The van der Waals surface area contributed by atoms with Gasteiger partial charge in [0.25, 0.3) is 0 Å². The van der Waals surface area contributed by atoms with Crippen LogP contribution in [0.1, 0.15) is 50.6 Å². The number of carbonyl (C=O) groups is 1. The zero-order chi connectivity index (χ0) is 15.9. The maximum atomic E-state index is 12.1. The largest absolute Gasteiger partial charge is 0.350 e. The smallest absolute Gasteiger partial charge is 0.244 e. The van der Waals surface area contributed by atoms with E-state index < -0.39 is 0 Å². The normalized spacial score (nSPS) is 17.0. The number of aromatic nitrogens is 2. The molecular weight excluding hydrogens is 286 g/mol. The second-order valence-electron chi connectivity index (χ2n) is 6.17. The van der Waals surface area contributed by atoms with Crippen molar-refractivity contribution in [2.45, 2.75) is 51.0 Å². The summed E-state index contributed by atoms with van der Waals surface area (Å²) in [5, 5.41) is 3.12. The maximum absolute atomic E-state index is 12.1. The molecule has 23 heavy (non-hydrogen) atoms. The SMILES string of the molecule is O=C(/C=C/c1cnc2ccccc2n1)NC1CCCCCCC1. The summed E-state index contributed by atoms with van der Waals surface area (Å²) in [5.41, 5.74) is 2.41. The van der Waals surface area contributed by atoms with Gasteiger partial charge in [0, 0.05) is 12.1 Å². The Morgan fingerprint density at radius 2 is 1.74 bits per heavy atom. The van der Waals surface area contributed by atoms with Gasteiger partial charge in [-0.1, -0.05) is 44.2 Å². The van der Waals surface area contributed by atoms with E-state index in [4.69, 9.17) is 0 Å². The number of hydrogen-bond donors (Lipinski definition) is 1. The third-order valence-electron chi connectivity index (χ3n) is 4.32. The first-order chi connectivity index (χ1) is 11.3. The molecule has 1 heterocycles. The quantitative estimate of drug-likeness (QED) is 0.876. The van der Waals surface area contributed by atoms with Gasteiger partial charge in [-0.3, -0.25) is 9.78 Å². The molecule has 0 aliphatic heterocycles. The van der Waals surface area contributed by atoms with Crippen LogP contribution in [0.3, 0.4) is 0 Å². The van der Waals surface area contributed by atoms with Gasteiger partial charge in [-0.15, -0.1) is 0 Å². The predicted molar refractivity (Wildman–Crippen MR) is 92.8 cm³/mol. The molecule has 1 aromatic carbocycles. The second kappa shape index (κ2) is 7.86. The van der Waals surface area contributed by atoms with Crippen molar-refractivity contribution in [3.05, 3.63) is 42.2 Å². The Hall–Kier alpha value is -2.23. The summed E-state index contributed by atoms with van der Waals surface area (Å²) in [5.74, 6) is -0.0365. The van der Waals surface area contributed by atoms with Crippen molar-refractivity contribution in [2.75, 3.05) is 0 Å². The van der Waals surface area contributed by atoms with Crippen LogP contribution in [-0.4, -0.2) is 21.9 Å². The van der Waals surface area contributed by atoms with Crippen LogP contribution in [0.4, 0.5) is 0 Å². The molecule has 1 amide bonds. The Kier molecular flexibility index (Phi) is 5.35. The summed E-state index contributed by atoms with van der Waals surface area (Å²) >= 11 is 0. The number of para-hydroxylation sites is 2. The number of rotatable bonds is 3. The lowest BCUT2D eigenvalue weighted by molar-refractivity contribution is -0.117. The molecule has 0 unspecified atom stereocenters. The number of hydrogen-bond acceptors (Lipinski definition) is 3. The van der Waals surface area contributed by atoms with Crippen LogP contribution in [0.2, 0.25) is 0 Å². The molecule has 4 heteroatoms. The Morgan fingerprint density at radius 3 is 2.52 bits per heavy atom. The van der Waals surface area contributed by atoms with Crippen LogP contribution >= 0.6 is 0 Å². The van der Waals surface area contributed by atoms with Gasteiger partial charge in [0.2, 0.25) is 5.91 Å². The molecule has 2 aromatic rings. The predicted octanol–water partition coefficient (Wildman–Crippen LogP) is 3.87. The number of benzene rings is 1. The van der Waals surface area contributed by atoms with Gasteiger partial charge in [0.05, 0.1) is 22.9 Å². The molecule has 1 aliphatic carbocycles. The second-order valence-corrected chi connectivity index (χ2v) is 6.17. The Balaban J connectivity index is 1.60. The molecule has 1 saturated carbocycles. The molecule has 1 N–H and O–H groups in total. The lowest BCUT2D eigenvalue weighted by Crippen LogP contribution is -2.34. The first-order valence-corrected chi connectivity index (χ1v) is 8.52. The van der Waals surface area contributed by atoms with Gasteiger partial charge in [-0.05, 0) is 31.1 Å². The number of amides is 1. The van der Waals surface area contributed by atoms with Gasteiger partial charge in [0.15, 0.2) is 0 Å². The first-order valence-electron chi connectivity index (χ1n) is 8.52. The highest BCUT2D eigenvalue weighted by Gasteiger charge is 2.12. The van der Waals surface area contributed by atoms with E-state index in [1.807, 2.05) is 24.3 Å². The standard InChI is InChI=1S/C19H23N3O/c23-19(22-15-8-4-2-1-3-5-9-15)13-12-16-14-20-17-10-6-7-11-18(17)21-16/h6-7,10-15H,1-5,8-9H2,(H,22,23)/b13-12+. The third kappa shape index (κ3) is 4.62. The average molecular weight is 309 g/mol. The maximum Gasteiger partial charge on any atom is 0.244 e. The molecule has 3 rings (SSSR count). The minimum atomic E-state index is -0.0365. The molecule has 0 radical (unpaired) electrons. The van der Waals surface area contributed by atoms with E-state index in [0.29, 0.717) is 11.7 Å². The summed E-state index contributed by atoms with van der Waals surface area (Å²) in [7, 11) is 0. The molecule has 0 bridgehead atoms. The topological polar surface area (TPSA) is 54.9 Å². The van der Waals surface area contributed by atoms with Gasteiger partial charge < -0.3 is 5.32 Å². The summed E-state index contributed by atoms with van der Waals surface area (Å²) in [4.78, 5) is 20.9. The van der Waals surface area contributed by atoms with E-state index in [9.17, 15) is 4.79 Å². The van der Waals surface area contributed by atoms with Gasteiger partial charge >= 0.3 is 0 Å². The summed E-state index contributed by atoms with van der Waals surface area (Å²) in [6, 6.07) is 8.04. The molecule has 1 aromatic heterocycles. The lowest BCUT2D eigenvalue weighted by atomic mass is 9.97. The van der Waals surface area contributed by atoms with Crippen molar-refractivity contribution in [1.29, 1.82) is 0 Å². The third-order valence-corrected chi connectivity index (χ3v) is 4.32. The minimum absolute atomic E-state index is 0.0365. The van der Waals surface area contributed by atoms with E-state index in [2.05, 4.69) is 15.3 Å². The molecule has 0 spiro atoms. The summed E-state index contributed by atoms with van der Waals surface area (Å²) < 4.78 is 0. The fraction of sp³-hybridized carbons (Fsp3) is 0.421. The van der Waals surface area contributed by atoms with Crippen LogP contribution < -0.4 is 5.32 Å². The fourth-order valence-electron chi connectivity index (χ4n) is 3.06. The van der Waals surface area contributed by atoms with E-state index in [1.165, 1.54) is 32.1 Å². The fourth-order valence-corrected chi connectivity index (χ4v) is 3.06. The molecular formula is C19H23N3O. The molecule has 1 fully saturated rings. The van der Waals surface area contributed by atoms with Crippen molar-refractivity contribution < 1.29 is 4.79 Å². The summed E-state index contributed by atoms with van der Waals surface area (Å²) in [6.07, 6.45) is 13.5. The Morgan fingerprint density at radius 1 is 1.04 bits per heavy atom. The highest BCUT2D eigenvalue weighted by molar-refractivity contribution is 5.91. The van der Waals surface area contributed by atoms with Gasteiger partial charge in [0.1, 0.15) is 0 Å². The van der Waals surface area contributed by atoms with Gasteiger partial charge in [-0.2, -0.15) is 0 Å². The molecule has 4 nitrogen and oxygen atoms in total. The van der Waals surface area contributed by atoms with Gasteiger partial charge in [-0.25, -0.2) is 4.98 Å². The average Bonchev–Trinajstić information content (AvgIpc) is 2.55. The minimum Gasteiger partial charge on any atom is -0.350 e. The molecule has 0 saturated heterocycles. The Bertz CT molecular complexity index is 688. The highest BCUT2D eigenvalue weighted by Crippen LogP contribution is 2.17. The zero-order valence-corrected chi connectivity index (χ0v) is 13.4. The van der Waals surface area contributed by atoms with Crippen molar-refractivity contribution in [2.24, 2.45) is 0 Å². The lowest BCUT2D eigenvalue weighted by Gasteiger charge is -2.20. The van der Waals surface area contributed by atoms with Crippen LogP contribution in [0.15, 0.2) is 36.5 Å². The van der Waals surface area contributed by atoms with Crippen molar-refractivity contribution in [1.82, 2.24) is 15.3 Å². The first kappa shape index (κ1) is 15.7. The van der Waals surface area contributed by atoms with E-state index in [-0.39, 0.29) is 5.91 Å². The van der Waals surface area contributed by atoms with Crippen LogP contribution in [0.25, 0.3) is 17.1 Å². The zero-order valence-electron chi connectivity index (χ0n) is 13.4. The van der Waals surface area contributed by atoms with Crippen LogP contribution in [0.5, 0.6) is 0 Å². The number of carbonyl (C=O) groups excluding carboxylic acids is 1. The number of fused-ring (bicyclic) bond motifs is 1. The van der Waals surface area contributed by atoms with Crippen LogP contribution in [-0.2, 0) is 4.79 Å². The number of nitrogens with one attached hydrogen (secondary N) is 1. The monoisotopic (exact) mass is 309 g/mol. The van der Waals surface area contributed by atoms with Crippen molar-refractivity contribution in [3.8, 4) is 0 Å². The van der Waals surface area contributed by atoms with E-state index in [1.54, 1.807) is 18.3 Å².